The van der Waals surface area contributed by atoms with Gasteiger partial charge in [-0.25, -0.2) is 0 Å². The van der Waals surface area contributed by atoms with Crippen LogP contribution in [0.4, 0.5) is 5.69 Å². The lowest BCUT2D eigenvalue weighted by atomic mass is 10.2. The number of fused-ring (bicyclic) bond motifs is 1. The van der Waals surface area contributed by atoms with Gasteiger partial charge in [0.2, 0.25) is 0 Å². The first-order chi connectivity index (χ1) is 10.5. The van der Waals surface area contributed by atoms with E-state index in [-0.39, 0.29) is 16.0 Å². The summed E-state index contributed by atoms with van der Waals surface area (Å²) in [6.07, 6.45) is 0. The molecule has 0 saturated heterocycles. The minimum atomic E-state index is -0.364. The van der Waals surface area contributed by atoms with Gasteiger partial charge in [0.05, 0.1) is 20.8 Å². The number of benzene rings is 2. The Morgan fingerprint density at radius 2 is 1.64 bits per heavy atom. The van der Waals surface area contributed by atoms with Crippen molar-refractivity contribution < 1.29 is 4.79 Å². The third kappa shape index (κ3) is 2.92. The van der Waals surface area contributed by atoms with Crippen LogP contribution in [0.1, 0.15) is 9.67 Å². The molecule has 0 aliphatic carbocycles. The zero-order valence-electron chi connectivity index (χ0n) is 10.8. The van der Waals surface area contributed by atoms with Gasteiger partial charge >= 0.3 is 0 Å². The first-order valence-corrected chi connectivity index (χ1v) is 8.43. The Labute approximate surface area is 150 Å². The van der Waals surface area contributed by atoms with Crippen LogP contribution in [0.15, 0.2) is 36.4 Å². The quantitative estimate of drug-likeness (QED) is 0.514. The van der Waals surface area contributed by atoms with Crippen molar-refractivity contribution in [1.29, 1.82) is 0 Å². The largest absolute Gasteiger partial charge is 0.319 e. The maximum Gasteiger partial charge on any atom is 0.267 e. The molecular formula is C15H7Cl4NOS. The van der Waals surface area contributed by atoms with E-state index in [0.717, 1.165) is 10.1 Å². The standard InChI is InChI=1S/C15H7Cl4NOS/c16-7-5-9(17)13(10(18)6-7)20-15(21)14-12(19)8-3-1-2-4-11(8)22-14/h1-6H,(H,20,21). The lowest BCUT2D eigenvalue weighted by molar-refractivity contribution is 0.103. The molecule has 2 aromatic carbocycles. The number of carbonyl (C=O) groups excluding carboxylic acids is 1. The fourth-order valence-corrected chi connectivity index (χ4v) is 4.32. The number of hydrogen-bond acceptors (Lipinski definition) is 2. The summed E-state index contributed by atoms with van der Waals surface area (Å²) in [6, 6.07) is 10.6. The molecule has 0 unspecified atom stereocenters. The van der Waals surface area contributed by atoms with Crippen molar-refractivity contribution in [3.63, 3.8) is 0 Å². The van der Waals surface area contributed by atoms with E-state index in [1.54, 1.807) is 0 Å². The smallest absolute Gasteiger partial charge is 0.267 e. The van der Waals surface area contributed by atoms with E-state index in [1.807, 2.05) is 24.3 Å². The second-order valence-electron chi connectivity index (χ2n) is 4.44. The SMILES string of the molecule is O=C(Nc1c(Cl)cc(Cl)cc1Cl)c1sc2ccccc2c1Cl. The van der Waals surface area contributed by atoms with E-state index in [4.69, 9.17) is 46.4 Å². The highest BCUT2D eigenvalue weighted by Crippen LogP contribution is 2.38. The fraction of sp³-hybridized carbons (Fsp3) is 0. The number of carbonyl (C=O) groups is 1. The molecule has 112 valence electrons. The van der Waals surface area contributed by atoms with E-state index < -0.39 is 0 Å². The van der Waals surface area contributed by atoms with E-state index in [1.165, 1.54) is 23.5 Å². The second kappa shape index (κ2) is 6.26. The third-order valence-corrected chi connectivity index (χ3v) is 5.48. The van der Waals surface area contributed by atoms with Crippen LogP contribution in [0.3, 0.4) is 0 Å². The van der Waals surface area contributed by atoms with Crippen molar-refractivity contribution in [1.82, 2.24) is 0 Å². The van der Waals surface area contributed by atoms with E-state index in [2.05, 4.69) is 5.32 Å². The molecular weight excluding hydrogens is 384 g/mol. The average molecular weight is 391 g/mol. The summed E-state index contributed by atoms with van der Waals surface area (Å²) in [5.74, 6) is -0.364. The molecule has 1 heterocycles. The lowest BCUT2D eigenvalue weighted by Crippen LogP contribution is -2.11. The first-order valence-electron chi connectivity index (χ1n) is 6.10. The minimum absolute atomic E-state index is 0.267. The second-order valence-corrected chi connectivity index (χ2v) is 7.12. The molecule has 3 rings (SSSR count). The van der Waals surface area contributed by atoms with Gasteiger partial charge in [0, 0.05) is 15.1 Å². The average Bonchev–Trinajstić information content (AvgIpc) is 2.80. The van der Waals surface area contributed by atoms with E-state index in [0.29, 0.717) is 20.6 Å². The maximum atomic E-state index is 12.5. The molecule has 0 saturated carbocycles. The molecule has 0 spiro atoms. The summed E-state index contributed by atoms with van der Waals surface area (Å²) in [4.78, 5) is 12.9. The first kappa shape index (κ1) is 15.9. The Kier molecular flexibility index (Phi) is 4.53. The monoisotopic (exact) mass is 389 g/mol. The van der Waals surface area contributed by atoms with Crippen LogP contribution in [0.5, 0.6) is 0 Å². The van der Waals surface area contributed by atoms with Crippen LogP contribution >= 0.6 is 57.7 Å². The Morgan fingerprint density at radius 3 is 2.27 bits per heavy atom. The van der Waals surface area contributed by atoms with Crippen molar-refractivity contribution in [3.8, 4) is 0 Å². The van der Waals surface area contributed by atoms with Crippen molar-refractivity contribution in [2.45, 2.75) is 0 Å². The van der Waals surface area contributed by atoms with Gasteiger partial charge in [-0.15, -0.1) is 11.3 Å². The Hall–Kier alpha value is -0.970. The van der Waals surface area contributed by atoms with Crippen molar-refractivity contribution >= 4 is 79.4 Å². The molecule has 3 aromatic rings. The number of anilines is 1. The zero-order chi connectivity index (χ0) is 15.9. The number of thiophene rings is 1. The van der Waals surface area contributed by atoms with Gasteiger partial charge in [-0.05, 0) is 18.2 Å². The van der Waals surface area contributed by atoms with Crippen molar-refractivity contribution in [3.05, 3.63) is 61.4 Å². The van der Waals surface area contributed by atoms with Crippen LogP contribution < -0.4 is 5.32 Å². The zero-order valence-corrected chi connectivity index (χ0v) is 14.6. The van der Waals surface area contributed by atoms with Crippen molar-refractivity contribution in [2.24, 2.45) is 0 Å². The Morgan fingerprint density at radius 1 is 1.00 bits per heavy atom. The normalized spacial score (nSPS) is 10.9. The van der Waals surface area contributed by atoms with Crippen LogP contribution in [-0.2, 0) is 0 Å². The number of rotatable bonds is 2. The highest BCUT2D eigenvalue weighted by atomic mass is 35.5. The van der Waals surface area contributed by atoms with Gasteiger partial charge < -0.3 is 5.32 Å². The molecule has 0 fully saturated rings. The number of hydrogen-bond donors (Lipinski definition) is 1. The van der Waals surface area contributed by atoms with Gasteiger partial charge in [-0.3, -0.25) is 4.79 Å². The molecule has 22 heavy (non-hydrogen) atoms. The Bertz CT molecular complexity index is 867. The predicted octanol–water partition coefficient (Wildman–Crippen LogP) is 6.77. The molecule has 7 heteroatoms. The fourth-order valence-electron chi connectivity index (χ4n) is 1.99. The van der Waals surface area contributed by atoms with Crippen molar-refractivity contribution in [2.75, 3.05) is 5.32 Å². The van der Waals surface area contributed by atoms with Gasteiger partial charge in [-0.1, -0.05) is 64.6 Å². The molecule has 1 aromatic heterocycles. The molecule has 2 nitrogen and oxygen atoms in total. The molecule has 0 radical (unpaired) electrons. The van der Waals surface area contributed by atoms with Crippen LogP contribution in [-0.4, -0.2) is 5.91 Å². The summed E-state index contributed by atoms with van der Waals surface area (Å²) in [6.45, 7) is 0. The molecule has 0 aliphatic heterocycles. The van der Waals surface area contributed by atoms with Crippen LogP contribution in [0.2, 0.25) is 20.1 Å². The Balaban J connectivity index is 1.99. The summed E-state index contributed by atoms with van der Waals surface area (Å²) < 4.78 is 0.936. The van der Waals surface area contributed by atoms with Gasteiger partial charge in [-0.2, -0.15) is 0 Å². The molecule has 1 amide bonds. The summed E-state index contributed by atoms with van der Waals surface area (Å²) in [5.41, 5.74) is 0.311. The third-order valence-electron chi connectivity index (χ3n) is 2.99. The van der Waals surface area contributed by atoms with Gasteiger partial charge in [0.15, 0.2) is 0 Å². The predicted molar refractivity (Wildman–Crippen MR) is 96.3 cm³/mol. The molecule has 0 bridgehead atoms. The highest BCUT2D eigenvalue weighted by Gasteiger charge is 2.19. The van der Waals surface area contributed by atoms with Gasteiger partial charge in [0.25, 0.3) is 5.91 Å². The summed E-state index contributed by atoms with van der Waals surface area (Å²) in [7, 11) is 0. The number of nitrogens with one attached hydrogen (secondary N) is 1. The van der Waals surface area contributed by atoms with Gasteiger partial charge in [0.1, 0.15) is 4.88 Å². The summed E-state index contributed by atoms with van der Waals surface area (Å²) in [5, 5.41) is 4.87. The number of halogens is 4. The summed E-state index contributed by atoms with van der Waals surface area (Å²) >= 11 is 25.6. The molecule has 1 N–H and O–H groups in total. The minimum Gasteiger partial charge on any atom is -0.319 e. The van der Waals surface area contributed by atoms with E-state index in [9.17, 15) is 4.79 Å². The lowest BCUT2D eigenvalue weighted by Gasteiger charge is -2.09. The maximum absolute atomic E-state index is 12.5. The molecule has 0 atom stereocenters. The van der Waals surface area contributed by atoms with E-state index >= 15 is 0 Å². The van der Waals surface area contributed by atoms with Crippen LogP contribution in [0, 0.1) is 0 Å². The molecule has 0 aliphatic rings. The highest BCUT2D eigenvalue weighted by molar-refractivity contribution is 7.21. The van der Waals surface area contributed by atoms with Crippen LogP contribution in [0.25, 0.3) is 10.1 Å². The topological polar surface area (TPSA) is 29.1 Å². The number of amides is 1.